The molecule has 0 unspecified atom stereocenters. The molecule has 14 heavy (non-hydrogen) atoms. The SMILES string of the molecule is Cc1cc(/C=C/C(=O)O)cc(Br)c1C. The standard InChI is InChI=1S/C11H11BrO2/c1-7-5-9(3-4-11(13)14)6-10(12)8(7)2/h3-6H,1-2H3,(H,13,14)/b4-3+. The lowest BCUT2D eigenvalue weighted by atomic mass is 10.1. The molecular formula is C11H11BrO2. The van der Waals surface area contributed by atoms with Gasteiger partial charge >= 0.3 is 5.97 Å². The van der Waals surface area contributed by atoms with Crippen molar-refractivity contribution in [3.63, 3.8) is 0 Å². The van der Waals surface area contributed by atoms with E-state index in [1.807, 2.05) is 26.0 Å². The predicted molar refractivity (Wildman–Crippen MR) is 60.3 cm³/mol. The first-order valence-electron chi connectivity index (χ1n) is 4.18. The minimum Gasteiger partial charge on any atom is -0.478 e. The largest absolute Gasteiger partial charge is 0.478 e. The minimum atomic E-state index is -0.931. The summed E-state index contributed by atoms with van der Waals surface area (Å²) < 4.78 is 1.00. The van der Waals surface area contributed by atoms with Crippen LogP contribution in [0.1, 0.15) is 16.7 Å². The van der Waals surface area contributed by atoms with Gasteiger partial charge in [0.1, 0.15) is 0 Å². The van der Waals surface area contributed by atoms with E-state index in [2.05, 4.69) is 15.9 Å². The molecule has 1 aromatic carbocycles. The third-order valence-electron chi connectivity index (χ3n) is 2.04. The molecule has 0 aliphatic rings. The normalized spacial score (nSPS) is 10.8. The number of halogens is 1. The molecule has 2 nitrogen and oxygen atoms in total. The molecule has 0 amide bonds. The Bertz CT molecular complexity index is 371. The molecule has 1 aromatic rings. The van der Waals surface area contributed by atoms with E-state index in [9.17, 15) is 4.79 Å². The Hall–Kier alpha value is -1.09. The fourth-order valence-corrected chi connectivity index (χ4v) is 1.68. The van der Waals surface area contributed by atoms with Crippen LogP contribution in [0.2, 0.25) is 0 Å². The van der Waals surface area contributed by atoms with Gasteiger partial charge in [-0.1, -0.05) is 22.0 Å². The fourth-order valence-electron chi connectivity index (χ4n) is 1.11. The summed E-state index contributed by atoms with van der Waals surface area (Å²) in [7, 11) is 0. The lowest BCUT2D eigenvalue weighted by molar-refractivity contribution is -0.131. The molecule has 0 saturated heterocycles. The van der Waals surface area contributed by atoms with Crippen molar-refractivity contribution in [1.82, 2.24) is 0 Å². The molecule has 0 radical (unpaired) electrons. The summed E-state index contributed by atoms with van der Waals surface area (Å²) in [4.78, 5) is 10.3. The van der Waals surface area contributed by atoms with Crippen LogP contribution in [0.15, 0.2) is 22.7 Å². The van der Waals surface area contributed by atoms with Crippen molar-refractivity contribution in [2.45, 2.75) is 13.8 Å². The number of aryl methyl sites for hydroxylation is 1. The highest BCUT2D eigenvalue weighted by atomic mass is 79.9. The first kappa shape index (κ1) is 11.0. The second-order valence-electron chi connectivity index (χ2n) is 3.12. The fraction of sp³-hybridized carbons (Fsp3) is 0.182. The van der Waals surface area contributed by atoms with Gasteiger partial charge in [0.05, 0.1) is 0 Å². The monoisotopic (exact) mass is 254 g/mol. The van der Waals surface area contributed by atoms with Gasteiger partial charge in [-0.2, -0.15) is 0 Å². The lowest BCUT2D eigenvalue weighted by Crippen LogP contribution is -1.88. The number of benzene rings is 1. The summed E-state index contributed by atoms with van der Waals surface area (Å²) in [6, 6.07) is 3.86. The zero-order valence-electron chi connectivity index (χ0n) is 8.04. The average molecular weight is 255 g/mol. The quantitative estimate of drug-likeness (QED) is 0.824. The lowest BCUT2D eigenvalue weighted by Gasteiger charge is -2.04. The minimum absolute atomic E-state index is 0.891. The molecule has 0 aliphatic heterocycles. The maximum atomic E-state index is 10.3. The van der Waals surface area contributed by atoms with E-state index < -0.39 is 5.97 Å². The number of rotatable bonds is 2. The number of carbonyl (C=O) groups is 1. The summed E-state index contributed by atoms with van der Waals surface area (Å²) in [6.45, 7) is 4.02. The van der Waals surface area contributed by atoms with Gasteiger partial charge in [-0.25, -0.2) is 4.79 Å². The van der Waals surface area contributed by atoms with E-state index >= 15 is 0 Å². The number of hydrogen-bond acceptors (Lipinski definition) is 1. The van der Waals surface area contributed by atoms with Gasteiger partial charge in [-0.15, -0.1) is 0 Å². The average Bonchev–Trinajstić information content (AvgIpc) is 2.10. The van der Waals surface area contributed by atoms with Gasteiger partial charge in [0.2, 0.25) is 0 Å². The van der Waals surface area contributed by atoms with Crippen molar-refractivity contribution in [2.75, 3.05) is 0 Å². The van der Waals surface area contributed by atoms with E-state index in [0.717, 1.165) is 21.7 Å². The van der Waals surface area contributed by atoms with Crippen molar-refractivity contribution in [3.8, 4) is 0 Å². The van der Waals surface area contributed by atoms with Gasteiger partial charge in [-0.3, -0.25) is 0 Å². The molecule has 0 heterocycles. The molecule has 0 aromatic heterocycles. The second-order valence-corrected chi connectivity index (χ2v) is 3.97. The van der Waals surface area contributed by atoms with E-state index in [0.29, 0.717) is 0 Å². The molecule has 0 aliphatic carbocycles. The Balaban J connectivity index is 3.07. The van der Waals surface area contributed by atoms with Crippen LogP contribution in [-0.2, 0) is 4.79 Å². The molecule has 0 spiro atoms. The van der Waals surface area contributed by atoms with Gasteiger partial charge < -0.3 is 5.11 Å². The summed E-state index contributed by atoms with van der Waals surface area (Å²) in [5.41, 5.74) is 3.21. The van der Waals surface area contributed by atoms with Crippen molar-refractivity contribution in [1.29, 1.82) is 0 Å². The van der Waals surface area contributed by atoms with E-state index in [1.165, 1.54) is 5.56 Å². The van der Waals surface area contributed by atoms with E-state index in [-0.39, 0.29) is 0 Å². The summed E-state index contributed by atoms with van der Waals surface area (Å²) in [6.07, 6.45) is 2.72. The maximum absolute atomic E-state index is 10.3. The van der Waals surface area contributed by atoms with Crippen LogP contribution in [0, 0.1) is 13.8 Å². The zero-order valence-corrected chi connectivity index (χ0v) is 9.63. The molecule has 1 rings (SSSR count). The first-order chi connectivity index (χ1) is 6.50. The number of carboxylic acid groups (broad SMARTS) is 1. The summed E-state index contributed by atoms with van der Waals surface area (Å²) in [5.74, 6) is -0.931. The molecule has 1 N–H and O–H groups in total. The summed E-state index contributed by atoms with van der Waals surface area (Å²) >= 11 is 3.42. The molecule has 3 heteroatoms. The van der Waals surface area contributed by atoms with Crippen molar-refractivity contribution in [2.24, 2.45) is 0 Å². The Labute approximate surface area is 91.4 Å². The van der Waals surface area contributed by atoms with Crippen LogP contribution in [0.4, 0.5) is 0 Å². The van der Waals surface area contributed by atoms with Crippen molar-refractivity contribution in [3.05, 3.63) is 39.4 Å². The molecule has 0 bridgehead atoms. The number of carboxylic acids is 1. The van der Waals surface area contributed by atoms with E-state index in [4.69, 9.17) is 5.11 Å². The van der Waals surface area contributed by atoms with Gasteiger partial charge in [-0.05, 0) is 42.7 Å². The molecular weight excluding hydrogens is 244 g/mol. The van der Waals surface area contributed by atoms with Crippen LogP contribution in [0.5, 0.6) is 0 Å². The van der Waals surface area contributed by atoms with Crippen molar-refractivity contribution >= 4 is 28.0 Å². The number of hydrogen-bond donors (Lipinski definition) is 1. The third kappa shape index (κ3) is 2.70. The molecule has 0 fully saturated rings. The Morgan fingerprint density at radius 3 is 2.57 bits per heavy atom. The van der Waals surface area contributed by atoms with Gasteiger partial charge in [0, 0.05) is 10.5 Å². The van der Waals surface area contributed by atoms with Crippen LogP contribution in [0.25, 0.3) is 6.08 Å². The smallest absolute Gasteiger partial charge is 0.328 e. The number of aliphatic carboxylic acids is 1. The highest BCUT2D eigenvalue weighted by Crippen LogP contribution is 2.22. The maximum Gasteiger partial charge on any atom is 0.328 e. The van der Waals surface area contributed by atoms with Crippen LogP contribution < -0.4 is 0 Å². The molecule has 0 saturated carbocycles. The van der Waals surface area contributed by atoms with Gasteiger partial charge in [0.15, 0.2) is 0 Å². The van der Waals surface area contributed by atoms with Gasteiger partial charge in [0.25, 0.3) is 0 Å². The molecule has 74 valence electrons. The van der Waals surface area contributed by atoms with E-state index in [1.54, 1.807) is 6.08 Å². The highest BCUT2D eigenvalue weighted by molar-refractivity contribution is 9.10. The first-order valence-corrected chi connectivity index (χ1v) is 4.98. The third-order valence-corrected chi connectivity index (χ3v) is 2.87. The summed E-state index contributed by atoms with van der Waals surface area (Å²) in [5, 5.41) is 8.47. The second kappa shape index (κ2) is 4.42. The van der Waals surface area contributed by atoms with Crippen molar-refractivity contribution < 1.29 is 9.90 Å². The Kier molecular flexibility index (Phi) is 3.47. The Morgan fingerprint density at radius 2 is 2.07 bits per heavy atom. The highest BCUT2D eigenvalue weighted by Gasteiger charge is 2.00. The predicted octanol–water partition coefficient (Wildman–Crippen LogP) is 3.16. The molecule has 0 atom stereocenters. The van der Waals surface area contributed by atoms with Crippen LogP contribution in [0.3, 0.4) is 0 Å². The zero-order chi connectivity index (χ0) is 10.7. The van der Waals surface area contributed by atoms with Crippen LogP contribution >= 0.6 is 15.9 Å². The Morgan fingerprint density at radius 1 is 1.43 bits per heavy atom. The topological polar surface area (TPSA) is 37.3 Å². The van der Waals surface area contributed by atoms with Crippen LogP contribution in [-0.4, -0.2) is 11.1 Å².